The summed E-state index contributed by atoms with van der Waals surface area (Å²) in [4.78, 5) is 17.4. The number of piperazine rings is 1. The number of hydrogen-bond donors (Lipinski definition) is 0. The highest BCUT2D eigenvalue weighted by Gasteiger charge is 2.30. The summed E-state index contributed by atoms with van der Waals surface area (Å²) in [6.45, 7) is 6.79. The maximum absolute atomic E-state index is 4.95. The highest BCUT2D eigenvalue weighted by atomic mass is 15.3. The molecule has 0 atom stereocenters. The van der Waals surface area contributed by atoms with Crippen LogP contribution in [0.3, 0.4) is 0 Å². The lowest BCUT2D eigenvalue weighted by atomic mass is 9.90. The molecule has 0 aromatic carbocycles. The predicted octanol–water partition coefficient (Wildman–Crippen LogP) is 2.06. The van der Waals surface area contributed by atoms with Gasteiger partial charge in [-0.05, 0) is 25.7 Å². The summed E-state index contributed by atoms with van der Waals surface area (Å²) in [5.41, 5.74) is 2.67. The van der Waals surface area contributed by atoms with Gasteiger partial charge in [-0.1, -0.05) is 12.8 Å². The SMILES string of the molecule is c1nc(N2CCN(C3CCC3)CC2)nc2c1CN(C1CCC1)CC2. The quantitative estimate of drug-likeness (QED) is 0.849. The zero-order valence-electron chi connectivity index (χ0n) is 14.7. The second-order valence-corrected chi connectivity index (χ2v) is 8.05. The minimum absolute atomic E-state index is 0.831. The molecule has 2 aliphatic carbocycles. The lowest BCUT2D eigenvalue weighted by Gasteiger charge is -2.43. The molecule has 0 spiro atoms. The second-order valence-electron chi connectivity index (χ2n) is 8.05. The Bertz CT molecular complexity index is 587. The number of fused-ring (bicyclic) bond motifs is 1. The van der Waals surface area contributed by atoms with Crippen molar-refractivity contribution in [2.45, 2.75) is 63.6 Å². The monoisotopic (exact) mass is 327 g/mol. The van der Waals surface area contributed by atoms with Gasteiger partial charge >= 0.3 is 0 Å². The Morgan fingerprint density at radius 3 is 2.21 bits per heavy atom. The van der Waals surface area contributed by atoms with Crippen molar-refractivity contribution in [3.05, 3.63) is 17.5 Å². The zero-order chi connectivity index (χ0) is 15.9. The molecule has 24 heavy (non-hydrogen) atoms. The van der Waals surface area contributed by atoms with Crippen LogP contribution in [0.4, 0.5) is 5.95 Å². The topological polar surface area (TPSA) is 35.5 Å². The molecular formula is C19H29N5. The minimum atomic E-state index is 0.831. The average molecular weight is 327 g/mol. The predicted molar refractivity (Wildman–Crippen MR) is 95.2 cm³/mol. The fraction of sp³-hybridized carbons (Fsp3) is 0.789. The number of rotatable bonds is 3. The highest BCUT2D eigenvalue weighted by Crippen LogP contribution is 2.30. The van der Waals surface area contributed by atoms with Crippen LogP contribution in [0.5, 0.6) is 0 Å². The van der Waals surface area contributed by atoms with Crippen LogP contribution in [0.25, 0.3) is 0 Å². The number of hydrogen-bond acceptors (Lipinski definition) is 5. The molecule has 0 amide bonds. The first-order valence-corrected chi connectivity index (χ1v) is 9.95. The third-order valence-electron chi connectivity index (χ3n) is 6.73. The van der Waals surface area contributed by atoms with Gasteiger partial charge in [-0.2, -0.15) is 0 Å². The smallest absolute Gasteiger partial charge is 0.225 e. The number of anilines is 1. The molecule has 0 unspecified atom stereocenters. The van der Waals surface area contributed by atoms with Gasteiger partial charge in [0.15, 0.2) is 0 Å². The molecule has 1 aromatic heterocycles. The number of aromatic nitrogens is 2. The van der Waals surface area contributed by atoms with Gasteiger partial charge in [-0.25, -0.2) is 9.97 Å². The van der Waals surface area contributed by atoms with E-state index in [0.717, 1.165) is 44.1 Å². The first-order chi connectivity index (χ1) is 11.9. The van der Waals surface area contributed by atoms with Gasteiger partial charge in [0, 0.05) is 69.5 Å². The van der Waals surface area contributed by atoms with E-state index in [9.17, 15) is 0 Å². The molecular weight excluding hydrogens is 298 g/mol. The Labute approximate surface area is 145 Å². The van der Waals surface area contributed by atoms with E-state index in [1.807, 2.05) is 0 Å². The molecule has 1 aromatic rings. The molecule has 3 heterocycles. The molecule has 5 rings (SSSR count). The third-order valence-corrected chi connectivity index (χ3v) is 6.73. The fourth-order valence-corrected chi connectivity index (χ4v) is 4.58. The van der Waals surface area contributed by atoms with E-state index in [0.29, 0.717) is 0 Å². The van der Waals surface area contributed by atoms with E-state index >= 15 is 0 Å². The molecule has 1 saturated heterocycles. The van der Waals surface area contributed by atoms with E-state index in [2.05, 4.69) is 20.9 Å². The van der Waals surface area contributed by atoms with Crippen LogP contribution in [0.1, 0.15) is 49.8 Å². The van der Waals surface area contributed by atoms with Gasteiger partial charge in [0.2, 0.25) is 5.95 Å². The van der Waals surface area contributed by atoms with Crippen LogP contribution in [0.2, 0.25) is 0 Å². The lowest BCUT2D eigenvalue weighted by molar-refractivity contribution is 0.112. The normalized spacial score (nSPS) is 26.8. The maximum atomic E-state index is 4.95. The van der Waals surface area contributed by atoms with Crippen LogP contribution in [0, 0.1) is 0 Å². The first-order valence-electron chi connectivity index (χ1n) is 9.95. The van der Waals surface area contributed by atoms with E-state index in [1.165, 1.54) is 69.4 Å². The van der Waals surface area contributed by atoms with Crippen molar-refractivity contribution in [2.24, 2.45) is 0 Å². The lowest BCUT2D eigenvalue weighted by Crippen LogP contribution is -2.52. The highest BCUT2D eigenvalue weighted by molar-refractivity contribution is 5.35. The Morgan fingerprint density at radius 1 is 0.833 bits per heavy atom. The Kier molecular flexibility index (Phi) is 3.94. The van der Waals surface area contributed by atoms with Gasteiger partial charge < -0.3 is 4.90 Å². The Morgan fingerprint density at radius 2 is 1.54 bits per heavy atom. The molecule has 5 heteroatoms. The molecule has 2 saturated carbocycles. The van der Waals surface area contributed by atoms with Gasteiger partial charge in [-0.15, -0.1) is 0 Å². The molecule has 3 fully saturated rings. The molecule has 0 radical (unpaired) electrons. The van der Waals surface area contributed by atoms with Gasteiger partial charge in [0.05, 0.1) is 5.69 Å². The van der Waals surface area contributed by atoms with Gasteiger partial charge in [0.25, 0.3) is 0 Å². The average Bonchev–Trinajstić information content (AvgIpc) is 2.52. The van der Waals surface area contributed by atoms with Crippen molar-refractivity contribution in [1.82, 2.24) is 19.8 Å². The molecule has 5 nitrogen and oxygen atoms in total. The second kappa shape index (κ2) is 6.26. The molecule has 2 aliphatic heterocycles. The van der Waals surface area contributed by atoms with Crippen molar-refractivity contribution < 1.29 is 0 Å². The Balaban J connectivity index is 1.23. The standard InChI is InChI=1S/C19H29N5/c1-3-16(4-1)22-9-11-23(12-10-22)19-20-13-15-14-24(17-5-2-6-17)8-7-18(15)21-19/h13,16-17H,1-12,14H2. The van der Waals surface area contributed by atoms with Crippen LogP contribution < -0.4 is 4.90 Å². The Hall–Kier alpha value is -1.20. The number of nitrogens with zero attached hydrogens (tertiary/aromatic N) is 5. The van der Waals surface area contributed by atoms with Gasteiger partial charge in [-0.3, -0.25) is 9.80 Å². The maximum Gasteiger partial charge on any atom is 0.225 e. The summed E-state index contributed by atoms with van der Waals surface area (Å²) < 4.78 is 0. The summed E-state index contributed by atoms with van der Waals surface area (Å²) in [6, 6.07) is 1.70. The summed E-state index contributed by atoms with van der Waals surface area (Å²) in [5, 5.41) is 0. The largest absolute Gasteiger partial charge is 0.338 e. The molecule has 0 N–H and O–H groups in total. The summed E-state index contributed by atoms with van der Waals surface area (Å²) in [7, 11) is 0. The molecule has 130 valence electrons. The van der Waals surface area contributed by atoms with E-state index in [4.69, 9.17) is 9.97 Å². The van der Waals surface area contributed by atoms with E-state index < -0.39 is 0 Å². The van der Waals surface area contributed by atoms with Crippen LogP contribution in [-0.2, 0) is 13.0 Å². The van der Waals surface area contributed by atoms with Crippen molar-refractivity contribution in [3.63, 3.8) is 0 Å². The van der Waals surface area contributed by atoms with Crippen molar-refractivity contribution in [1.29, 1.82) is 0 Å². The zero-order valence-corrected chi connectivity index (χ0v) is 14.7. The van der Waals surface area contributed by atoms with Crippen molar-refractivity contribution in [3.8, 4) is 0 Å². The van der Waals surface area contributed by atoms with Crippen molar-refractivity contribution in [2.75, 3.05) is 37.6 Å². The summed E-state index contributed by atoms with van der Waals surface area (Å²) in [5.74, 6) is 0.971. The molecule has 0 bridgehead atoms. The van der Waals surface area contributed by atoms with Crippen LogP contribution in [0.15, 0.2) is 6.20 Å². The fourth-order valence-electron chi connectivity index (χ4n) is 4.58. The molecule has 4 aliphatic rings. The minimum Gasteiger partial charge on any atom is -0.338 e. The third kappa shape index (κ3) is 2.72. The van der Waals surface area contributed by atoms with Crippen molar-refractivity contribution >= 4 is 5.95 Å². The van der Waals surface area contributed by atoms with Crippen LogP contribution in [-0.4, -0.2) is 64.6 Å². The van der Waals surface area contributed by atoms with E-state index in [1.54, 1.807) is 0 Å². The van der Waals surface area contributed by atoms with Crippen LogP contribution >= 0.6 is 0 Å². The van der Waals surface area contributed by atoms with E-state index in [-0.39, 0.29) is 0 Å². The van der Waals surface area contributed by atoms with Gasteiger partial charge in [0.1, 0.15) is 0 Å². The summed E-state index contributed by atoms with van der Waals surface area (Å²) >= 11 is 0. The summed E-state index contributed by atoms with van der Waals surface area (Å²) in [6.07, 6.45) is 11.6. The first kappa shape index (κ1) is 15.1.